The minimum absolute atomic E-state index is 0.128. The van der Waals surface area contributed by atoms with Crippen molar-refractivity contribution in [1.29, 1.82) is 0 Å². The number of nitrogens with zero attached hydrogens (tertiary/aromatic N) is 1. The third-order valence-electron chi connectivity index (χ3n) is 2.41. The number of carbonyl (C=O) groups excluding carboxylic acids is 1. The molecule has 1 amide bonds. The maximum Gasteiger partial charge on any atom is 0.263 e. The third kappa shape index (κ3) is 4.21. The largest absolute Gasteiger partial charge is 0.482 e. The van der Waals surface area contributed by atoms with E-state index in [9.17, 15) is 4.79 Å². The zero-order chi connectivity index (χ0) is 14.5. The highest BCUT2D eigenvalue weighted by atomic mass is 79.9. The maximum atomic E-state index is 11.7. The quantitative estimate of drug-likeness (QED) is 0.907. The molecule has 0 saturated heterocycles. The summed E-state index contributed by atoms with van der Waals surface area (Å²) in [5, 5.41) is 3.10. The van der Waals surface area contributed by atoms with E-state index in [1.807, 2.05) is 19.1 Å². The minimum atomic E-state index is -0.290. The molecular formula is C14H12BrClN2O2. The Morgan fingerprint density at radius 2 is 2.20 bits per heavy atom. The molecule has 1 heterocycles. The topological polar surface area (TPSA) is 51.2 Å². The Kier molecular flexibility index (Phi) is 4.98. The Bertz CT molecular complexity index is 634. The summed E-state index contributed by atoms with van der Waals surface area (Å²) in [5.41, 5.74) is 0.833. The van der Waals surface area contributed by atoms with Crippen LogP contribution in [0, 0.1) is 6.92 Å². The van der Waals surface area contributed by atoms with Crippen LogP contribution in [0.25, 0.3) is 0 Å². The molecule has 0 atom stereocenters. The van der Waals surface area contributed by atoms with Crippen molar-refractivity contribution in [1.82, 2.24) is 4.98 Å². The summed E-state index contributed by atoms with van der Waals surface area (Å²) >= 11 is 9.29. The van der Waals surface area contributed by atoms with Gasteiger partial charge in [0.05, 0.1) is 5.02 Å². The van der Waals surface area contributed by atoms with Crippen LogP contribution >= 0.6 is 27.5 Å². The summed E-state index contributed by atoms with van der Waals surface area (Å²) in [5.74, 6) is 0.671. The van der Waals surface area contributed by atoms with Crippen molar-refractivity contribution in [2.75, 3.05) is 11.9 Å². The molecule has 0 unspecified atom stereocenters. The van der Waals surface area contributed by atoms with Crippen molar-refractivity contribution in [3.8, 4) is 5.75 Å². The molecule has 2 aromatic rings. The fourth-order valence-electron chi connectivity index (χ4n) is 1.53. The first-order valence-corrected chi connectivity index (χ1v) is 7.03. The molecule has 0 aliphatic carbocycles. The van der Waals surface area contributed by atoms with Crippen LogP contribution < -0.4 is 10.1 Å². The van der Waals surface area contributed by atoms with Gasteiger partial charge in [0.1, 0.15) is 11.6 Å². The lowest BCUT2D eigenvalue weighted by molar-refractivity contribution is -0.118. The third-order valence-corrected chi connectivity index (χ3v) is 3.20. The fraction of sp³-hybridized carbons (Fsp3) is 0.143. The summed E-state index contributed by atoms with van der Waals surface area (Å²) < 4.78 is 6.21. The highest BCUT2D eigenvalue weighted by Gasteiger charge is 2.07. The van der Waals surface area contributed by atoms with Gasteiger partial charge >= 0.3 is 0 Å². The second-order valence-corrected chi connectivity index (χ2v) is 5.40. The molecule has 0 aliphatic heterocycles. The van der Waals surface area contributed by atoms with Crippen molar-refractivity contribution >= 4 is 39.3 Å². The van der Waals surface area contributed by atoms with Gasteiger partial charge in [-0.2, -0.15) is 0 Å². The fourth-order valence-corrected chi connectivity index (χ4v) is 2.26. The van der Waals surface area contributed by atoms with Crippen LogP contribution in [0.15, 0.2) is 40.9 Å². The number of amides is 1. The average molecular weight is 356 g/mol. The van der Waals surface area contributed by atoms with E-state index >= 15 is 0 Å². The van der Waals surface area contributed by atoms with Crippen LogP contribution in [0.3, 0.4) is 0 Å². The first-order chi connectivity index (χ1) is 9.54. The number of nitrogens with one attached hydrogen (secondary N) is 1. The van der Waals surface area contributed by atoms with Gasteiger partial charge in [-0.25, -0.2) is 4.98 Å². The normalized spacial score (nSPS) is 10.2. The van der Waals surface area contributed by atoms with Crippen molar-refractivity contribution in [2.45, 2.75) is 6.92 Å². The Morgan fingerprint density at radius 3 is 2.90 bits per heavy atom. The van der Waals surface area contributed by atoms with Gasteiger partial charge in [-0.1, -0.05) is 33.6 Å². The van der Waals surface area contributed by atoms with E-state index in [0.717, 1.165) is 10.2 Å². The number of rotatable bonds is 4. The van der Waals surface area contributed by atoms with Crippen LogP contribution in [0.5, 0.6) is 5.75 Å². The molecule has 0 bridgehead atoms. The first-order valence-electron chi connectivity index (χ1n) is 5.86. The number of hydrogen-bond donors (Lipinski definition) is 1. The van der Waals surface area contributed by atoms with Gasteiger partial charge in [0.15, 0.2) is 6.61 Å². The number of aromatic nitrogens is 1. The van der Waals surface area contributed by atoms with Gasteiger partial charge in [0, 0.05) is 10.2 Å². The second kappa shape index (κ2) is 6.72. The second-order valence-electron chi connectivity index (χ2n) is 4.08. The average Bonchev–Trinajstić information content (AvgIpc) is 2.37. The zero-order valence-electron chi connectivity index (χ0n) is 10.7. The molecule has 2 rings (SSSR count). The van der Waals surface area contributed by atoms with E-state index in [4.69, 9.17) is 16.3 Å². The first kappa shape index (κ1) is 14.8. The standard InChI is InChI=1S/C14H12BrClN2O2/c1-9-3-2-4-13(17-9)18-14(19)8-20-12-6-5-10(15)7-11(12)16/h2-7H,8H2,1H3,(H,17,18,19). The van der Waals surface area contributed by atoms with E-state index in [0.29, 0.717) is 16.6 Å². The molecule has 0 fully saturated rings. The summed E-state index contributed by atoms with van der Waals surface area (Å²) in [6.07, 6.45) is 0. The van der Waals surface area contributed by atoms with Crippen LogP contribution in [0.4, 0.5) is 5.82 Å². The van der Waals surface area contributed by atoms with E-state index < -0.39 is 0 Å². The molecule has 4 nitrogen and oxygen atoms in total. The smallest absolute Gasteiger partial charge is 0.263 e. The molecule has 0 saturated carbocycles. The number of hydrogen-bond acceptors (Lipinski definition) is 3. The molecule has 104 valence electrons. The zero-order valence-corrected chi connectivity index (χ0v) is 13.0. The van der Waals surface area contributed by atoms with E-state index in [2.05, 4.69) is 26.2 Å². The SMILES string of the molecule is Cc1cccc(NC(=O)COc2ccc(Br)cc2Cl)n1. The number of anilines is 1. The van der Waals surface area contributed by atoms with Crippen molar-refractivity contribution < 1.29 is 9.53 Å². The van der Waals surface area contributed by atoms with E-state index in [1.165, 1.54) is 0 Å². The van der Waals surface area contributed by atoms with Crippen LogP contribution in [-0.2, 0) is 4.79 Å². The lowest BCUT2D eigenvalue weighted by Gasteiger charge is -2.08. The highest BCUT2D eigenvalue weighted by Crippen LogP contribution is 2.27. The van der Waals surface area contributed by atoms with Gasteiger partial charge < -0.3 is 10.1 Å². The molecular weight excluding hydrogens is 344 g/mol. The number of carbonyl (C=O) groups is 1. The lowest BCUT2D eigenvalue weighted by Crippen LogP contribution is -2.20. The van der Waals surface area contributed by atoms with Gasteiger partial charge in [-0.3, -0.25) is 4.79 Å². The molecule has 0 radical (unpaired) electrons. The Labute approximate surface area is 130 Å². The summed E-state index contributed by atoms with van der Waals surface area (Å²) in [6, 6.07) is 10.6. The van der Waals surface area contributed by atoms with Crippen LogP contribution in [0.1, 0.15) is 5.69 Å². The molecule has 20 heavy (non-hydrogen) atoms. The Morgan fingerprint density at radius 1 is 1.40 bits per heavy atom. The number of benzene rings is 1. The van der Waals surface area contributed by atoms with Gasteiger partial charge in [-0.05, 0) is 37.3 Å². The predicted octanol–water partition coefficient (Wildman–Crippen LogP) is 3.82. The highest BCUT2D eigenvalue weighted by molar-refractivity contribution is 9.10. The maximum absolute atomic E-state index is 11.7. The van der Waals surface area contributed by atoms with E-state index in [1.54, 1.807) is 24.3 Å². The minimum Gasteiger partial charge on any atom is -0.482 e. The number of aryl methyl sites for hydroxylation is 1. The predicted molar refractivity (Wildman–Crippen MR) is 82.3 cm³/mol. The Balaban J connectivity index is 1.92. The molecule has 0 aliphatic rings. The number of pyridine rings is 1. The molecule has 1 aromatic carbocycles. The van der Waals surface area contributed by atoms with Crippen molar-refractivity contribution in [2.24, 2.45) is 0 Å². The number of halogens is 2. The monoisotopic (exact) mass is 354 g/mol. The Hall–Kier alpha value is -1.59. The van der Waals surface area contributed by atoms with Gasteiger partial charge in [0.2, 0.25) is 0 Å². The van der Waals surface area contributed by atoms with Crippen molar-refractivity contribution in [3.63, 3.8) is 0 Å². The van der Waals surface area contributed by atoms with Crippen LogP contribution in [0.2, 0.25) is 5.02 Å². The number of ether oxygens (including phenoxy) is 1. The summed E-state index contributed by atoms with van der Waals surface area (Å²) in [6.45, 7) is 1.73. The van der Waals surface area contributed by atoms with Gasteiger partial charge in [0.25, 0.3) is 5.91 Å². The molecule has 1 aromatic heterocycles. The van der Waals surface area contributed by atoms with Gasteiger partial charge in [-0.15, -0.1) is 0 Å². The lowest BCUT2D eigenvalue weighted by atomic mass is 10.3. The van der Waals surface area contributed by atoms with E-state index in [-0.39, 0.29) is 12.5 Å². The molecule has 0 spiro atoms. The molecule has 1 N–H and O–H groups in total. The molecule has 6 heteroatoms. The summed E-state index contributed by atoms with van der Waals surface area (Å²) in [4.78, 5) is 15.9. The van der Waals surface area contributed by atoms with Crippen molar-refractivity contribution in [3.05, 3.63) is 51.6 Å². The summed E-state index contributed by atoms with van der Waals surface area (Å²) in [7, 11) is 0. The van der Waals surface area contributed by atoms with Crippen LogP contribution in [-0.4, -0.2) is 17.5 Å².